The summed E-state index contributed by atoms with van der Waals surface area (Å²) in [5.74, 6) is -1.71. The topological polar surface area (TPSA) is 175 Å². The molecule has 0 spiro atoms. The van der Waals surface area contributed by atoms with E-state index in [1.54, 1.807) is 26.0 Å². The van der Waals surface area contributed by atoms with E-state index in [1.165, 1.54) is 26.4 Å². The van der Waals surface area contributed by atoms with Crippen molar-refractivity contribution in [3.63, 3.8) is 0 Å². The van der Waals surface area contributed by atoms with Crippen LogP contribution in [0.1, 0.15) is 60.8 Å². The first-order valence-corrected chi connectivity index (χ1v) is 18.2. The first-order chi connectivity index (χ1) is 24.1. The molecular weight excluding hydrogens is 666 g/mol. The highest BCUT2D eigenvalue weighted by Gasteiger charge is 2.59. The molecule has 3 N–H and O–H groups in total. The zero-order valence-corrected chi connectivity index (χ0v) is 31.7. The quantitative estimate of drug-likeness (QED) is 0.232. The molecule has 0 aromatic rings. The number of carbonyl (C=O) groups is 2. The highest BCUT2D eigenvalue weighted by atomic mass is 16.7. The predicted octanol–water partition coefficient (Wildman–Crippen LogP) is 1.76. The van der Waals surface area contributed by atoms with Gasteiger partial charge in [0, 0.05) is 38.2 Å². The number of nitrogens with zero attached hydrogens (tertiary/aromatic N) is 1. The molecule has 4 rings (SSSR count). The average Bonchev–Trinajstić information content (AvgIpc) is 3.88. The standard InChI is InChI=1S/C37H61NO13/c1-11-27-37(43,18-46-36-33(45-10)32(44-9)29(41)23(6)48-36)34-26(49-34)14-13-25(39)20(3)16-21(4)31(19(2)12-15-28(40)50-27)51-35-30(42)24(38(7)8)17-22(5)47-35/h12-15,19-24,26-27,29-36,41-43H,11,16-18H2,1-10H3/b14-13+,15-12-/t19-,20+,21-,22+,23+,24-,26+,27+,29+,30+,31+,32+,33+,34+,35-,36+,37-/m0/s1. The summed E-state index contributed by atoms with van der Waals surface area (Å²) in [5, 5.41) is 34.0. The van der Waals surface area contributed by atoms with E-state index in [0.29, 0.717) is 12.8 Å². The van der Waals surface area contributed by atoms with Crippen LogP contribution in [0, 0.1) is 17.8 Å². The van der Waals surface area contributed by atoms with Crippen LogP contribution in [0.15, 0.2) is 24.3 Å². The third-order valence-corrected chi connectivity index (χ3v) is 10.8. The molecule has 0 aliphatic carbocycles. The largest absolute Gasteiger partial charge is 0.456 e. The van der Waals surface area contributed by atoms with Crippen molar-refractivity contribution in [2.24, 2.45) is 17.8 Å². The molecule has 3 saturated heterocycles. The number of allylic oxidation sites excluding steroid dienone is 1. The first kappa shape index (κ1) is 41.9. The number of cyclic esters (lactones) is 1. The fourth-order valence-corrected chi connectivity index (χ4v) is 7.69. The zero-order valence-electron chi connectivity index (χ0n) is 31.7. The van der Waals surface area contributed by atoms with E-state index >= 15 is 0 Å². The number of likely N-dealkylation sites (N-methyl/N-ethyl adjacent to an activating group) is 1. The second kappa shape index (κ2) is 18.0. The molecule has 0 unspecified atom stereocenters. The molecule has 0 aromatic carbocycles. The molecule has 0 radical (unpaired) electrons. The molecule has 51 heavy (non-hydrogen) atoms. The van der Waals surface area contributed by atoms with E-state index in [4.69, 9.17) is 37.9 Å². The number of ether oxygens (including phenoxy) is 8. The second-order valence-electron chi connectivity index (χ2n) is 15.0. The Kier molecular flexibility index (Phi) is 14.8. The van der Waals surface area contributed by atoms with Crippen molar-refractivity contribution in [1.29, 1.82) is 0 Å². The van der Waals surface area contributed by atoms with Gasteiger partial charge in [0.1, 0.15) is 42.7 Å². The van der Waals surface area contributed by atoms with Gasteiger partial charge < -0.3 is 58.1 Å². The Morgan fingerprint density at radius 2 is 1.57 bits per heavy atom. The van der Waals surface area contributed by atoms with Crippen LogP contribution in [0.3, 0.4) is 0 Å². The third kappa shape index (κ3) is 9.84. The molecule has 0 amide bonds. The van der Waals surface area contributed by atoms with Crippen molar-refractivity contribution in [3.8, 4) is 0 Å². The number of aliphatic hydroxyl groups is 3. The van der Waals surface area contributed by atoms with Gasteiger partial charge in [-0.15, -0.1) is 0 Å². The van der Waals surface area contributed by atoms with E-state index in [1.807, 2.05) is 46.7 Å². The minimum atomic E-state index is -1.86. The maximum atomic E-state index is 13.4. The Hall–Kier alpha value is -1.82. The van der Waals surface area contributed by atoms with Gasteiger partial charge in [0.15, 0.2) is 24.0 Å². The number of aliphatic hydroxyl groups excluding tert-OH is 2. The Morgan fingerprint density at radius 1 is 0.882 bits per heavy atom. The number of rotatable bonds is 9. The summed E-state index contributed by atoms with van der Waals surface area (Å²) < 4.78 is 47.4. The number of ketones is 1. The number of hydrogen-bond donors (Lipinski definition) is 3. The summed E-state index contributed by atoms with van der Waals surface area (Å²) in [5.41, 5.74) is -1.86. The van der Waals surface area contributed by atoms with Gasteiger partial charge in [-0.1, -0.05) is 33.8 Å². The highest BCUT2D eigenvalue weighted by molar-refractivity contribution is 5.91. The van der Waals surface area contributed by atoms with E-state index in [2.05, 4.69) is 0 Å². The third-order valence-electron chi connectivity index (χ3n) is 10.8. The normalized spacial score (nSPS) is 47.0. The molecule has 4 aliphatic rings. The lowest BCUT2D eigenvalue weighted by Crippen LogP contribution is -2.60. The molecule has 4 heterocycles. The van der Waals surface area contributed by atoms with E-state index in [-0.39, 0.29) is 48.7 Å². The summed E-state index contributed by atoms with van der Waals surface area (Å²) in [7, 11) is 6.70. The summed E-state index contributed by atoms with van der Waals surface area (Å²) >= 11 is 0. The monoisotopic (exact) mass is 727 g/mol. The maximum Gasteiger partial charge on any atom is 0.330 e. The minimum absolute atomic E-state index is 0.115. The van der Waals surface area contributed by atoms with Crippen molar-refractivity contribution in [3.05, 3.63) is 24.3 Å². The van der Waals surface area contributed by atoms with Crippen LogP contribution in [0.2, 0.25) is 0 Å². The predicted molar refractivity (Wildman–Crippen MR) is 184 cm³/mol. The zero-order chi connectivity index (χ0) is 37.8. The lowest BCUT2D eigenvalue weighted by molar-refractivity contribution is -0.313. The van der Waals surface area contributed by atoms with Gasteiger partial charge in [0.05, 0.1) is 24.9 Å². The smallest absolute Gasteiger partial charge is 0.330 e. The molecule has 17 atom stereocenters. The van der Waals surface area contributed by atoms with Crippen LogP contribution in [-0.2, 0) is 47.5 Å². The van der Waals surface area contributed by atoms with Crippen LogP contribution >= 0.6 is 0 Å². The van der Waals surface area contributed by atoms with E-state index in [9.17, 15) is 24.9 Å². The number of fused-ring (bicyclic) bond motifs is 1. The van der Waals surface area contributed by atoms with E-state index in [0.717, 1.165) is 0 Å². The number of epoxide rings is 1. The molecule has 4 aliphatic heterocycles. The highest BCUT2D eigenvalue weighted by Crippen LogP contribution is 2.40. The molecule has 14 nitrogen and oxygen atoms in total. The van der Waals surface area contributed by atoms with Crippen LogP contribution in [-0.4, -0.2) is 152 Å². The van der Waals surface area contributed by atoms with Gasteiger partial charge in [-0.2, -0.15) is 0 Å². The number of carbonyl (C=O) groups excluding carboxylic acids is 2. The average molecular weight is 728 g/mol. The molecule has 3 fully saturated rings. The van der Waals surface area contributed by atoms with Crippen molar-refractivity contribution in [1.82, 2.24) is 4.90 Å². The van der Waals surface area contributed by atoms with Gasteiger partial charge in [-0.25, -0.2) is 4.79 Å². The Morgan fingerprint density at radius 3 is 2.20 bits per heavy atom. The Balaban J connectivity index is 1.59. The second-order valence-corrected chi connectivity index (χ2v) is 15.0. The van der Waals surface area contributed by atoms with Gasteiger partial charge in [0.25, 0.3) is 0 Å². The van der Waals surface area contributed by atoms with Crippen LogP contribution in [0.4, 0.5) is 0 Å². The van der Waals surface area contributed by atoms with Crippen LogP contribution in [0.25, 0.3) is 0 Å². The Bertz CT molecular complexity index is 1210. The summed E-state index contributed by atoms with van der Waals surface area (Å²) in [4.78, 5) is 28.7. The molecule has 292 valence electrons. The number of hydrogen-bond acceptors (Lipinski definition) is 14. The van der Waals surface area contributed by atoms with Crippen molar-refractivity contribution >= 4 is 11.8 Å². The number of methoxy groups -OCH3 is 2. The lowest BCUT2D eigenvalue weighted by atomic mass is 9.84. The van der Waals surface area contributed by atoms with Gasteiger partial charge >= 0.3 is 5.97 Å². The Labute approximate surface area is 302 Å². The van der Waals surface area contributed by atoms with E-state index < -0.39 is 79.1 Å². The summed E-state index contributed by atoms with van der Waals surface area (Å²) in [6.07, 6.45) is -1.95. The van der Waals surface area contributed by atoms with Gasteiger partial charge in [0.2, 0.25) is 0 Å². The summed E-state index contributed by atoms with van der Waals surface area (Å²) in [6.45, 7) is 10.7. The van der Waals surface area contributed by atoms with Gasteiger partial charge in [-0.3, -0.25) is 4.79 Å². The molecule has 0 bridgehead atoms. The fourth-order valence-electron chi connectivity index (χ4n) is 7.69. The molecule has 14 heteroatoms. The van der Waals surface area contributed by atoms with Crippen LogP contribution < -0.4 is 0 Å². The minimum Gasteiger partial charge on any atom is -0.456 e. The van der Waals surface area contributed by atoms with Crippen molar-refractivity contribution in [2.45, 2.75) is 146 Å². The van der Waals surface area contributed by atoms with Gasteiger partial charge in [-0.05, 0) is 65.3 Å². The first-order valence-electron chi connectivity index (χ1n) is 18.2. The fraction of sp³-hybridized carbons (Fsp3) is 0.838. The van der Waals surface area contributed by atoms with Crippen molar-refractivity contribution in [2.75, 3.05) is 34.9 Å². The molecular formula is C37H61NO13. The van der Waals surface area contributed by atoms with Crippen molar-refractivity contribution < 1.29 is 62.8 Å². The number of esters is 1. The molecule has 0 aromatic heterocycles. The van der Waals surface area contributed by atoms with Crippen LogP contribution in [0.5, 0.6) is 0 Å². The molecule has 0 saturated carbocycles. The lowest BCUT2D eigenvalue weighted by Gasteiger charge is -2.43. The SMILES string of the molecule is CC[C@H]1OC(=O)/C=C\[C@H](C)[C@@H](O[C@@H]2O[C@H](C)C[C@H](N(C)C)[C@H]2O)[C@@H](C)C[C@@H](C)C(=O)/C=C/[C@H]2O[C@H]2[C@]1(O)CO[C@@H]1O[C@H](C)[C@@H](O)[C@@H](OC)[C@H]1OC. The maximum absolute atomic E-state index is 13.4. The summed E-state index contributed by atoms with van der Waals surface area (Å²) in [6, 6.07) is -0.171.